The van der Waals surface area contributed by atoms with Crippen LogP contribution in [0, 0.1) is 0 Å². The van der Waals surface area contributed by atoms with Gasteiger partial charge in [-0.3, -0.25) is 0 Å². The van der Waals surface area contributed by atoms with Crippen LogP contribution in [0.15, 0.2) is 36.5 Å². The van der Waals surface area contributed by atoms with E-state index in [1.165, 1.54) is 0 Å². The average molecular weight is 464 g/mol. The maximum Gasteiger partial charge on any atom is 0.228 e. The number of fused-ring (bicyclic) bond motifs is 1. The Morgan fingerprint density at radius 3 is 2.26 bits per heavy atom. The van der Waals surface area contributed by atoms with E-state index in [1.807, 2.05) is 30.5 Å². The number of nitrogens with one attached hydrogen (secondary N) is 1. The Labute approximate surface area is 200 Å². The van der Waals surface area contributed by atoms with Crippen LogP contribution in [0.3, 0.4) is 0 Å². The largest absolute Gasteiger partial charge is 0.493 e. The number of benzene rings is 1. The summed E-state index contributed by atoms with van der Waals surface area (Å²) in [6.45, 7) is 5.59. The number of hydrogen-bond donors (Lipinski definition) is 1. The lowest BCUT2D eigenvalue weighted by atomic mass is 10.1. The molecule has 3 aromatic rings. The summed E-state index contributed by atoms with van der Waals surface area (Å²) in [6.07, 6.45) is 4.03. The van der Waals surface area contributed by atoms with Crippen LogP contribution in [-0.4, -0.2) is 86.4 Å². The summed E-state index contributed by atoms with van der Waals surface area (Å²) in [6, 6.07) is 10.4. The van der Waals surface area contributed by atoms with Crippen LogP contribution in [0.1, 0.15) is 12.8 Å². The summed E-state index contributed by atoms with van der Waals surface area (Å²) in [4.78, 5) is 21.4. The first-order valence-electron chi connectivity index (χ1n) is 11.9. The third-order valence-electron chi connectivity index (χ3n) is 6.78. The number of piperazine rings is 1. The molecule has 0 atom stereocenters. The first-order chi connectivity index (χ1) is 16.6. The number of aromatic nitrogens is 3. The Morgan fingerprint density at radius 2 is 1.59 bits per heavy atom. The summed E-state index contributed by atoms with van der Waals surface area (Å²) < 4.78 is 11.1. The van der Waals surface area contributed by atoms with Crippen molar-refractivity contribution in [3.63, 3.8) is 0 Å². The zero-order valence-corrected chi connectivity index (χ0v) is 20.2. The molecule has 4 heterocycles. The second-order valence-corrected chi connectivity index (χ2v) is 8.98. The zero-order valence-electron chi connectivity index (χ0n) is 20.2. The van der Waals surface area contributed by atoms with Gasteiger partial charge in [0, 0.05) is 49.9 Å². The zero-order chi connectivity index (χ0) is 23.5. The minimum absolute atomic E-state index is 0.385. The monoisotopic (exact) mass is 463 g/mol. The Kier molecular flexibility index (Phi) is 6.53. The van der Waals surface area contributed by atoms with Crippen LogP contribution in [-0.2, 0) is 0 Å². The third kappa shape index (κ3) is 4.65. The maximum atomic E-state index is 5.57. The van der Waals surface area contributed by atoms with Crippen LogP contribution in [0.2, 0.25) is 0 Å². The molecule has 0 radical (unpaired) electrons. The van der Waals surface area contributed by atoms with Crippen LogP contribution >= 0.6 is 0 Å². The minimum Gasteiger partial charge on any atom is -0.493 e. The smallest absolute Gasteiger partial charge is 0.228 e. The number of piperidine rings is 1. The SMILES string of the molecule is COc1cc2nc(N3CCN(c4ccccn4)CC3)nc(NC3CCN(C)CC3)c2cc1OC. The van der Waals surface area contributed by atoms with Gasteiger partial charge in [-0.1, -0.05) is 6.07 Å². The highest BCUT2D eigenvalue weighted by Crippen LogP contribution is 2.35. The van der Waals surface area contributed by atoms with Crippen molar-refractivity contribution >= 4 is 28.5 Å². The molecule has 2 saturated heterocycles. The van der Waals surface area contributed by atoms with Crippen molar-refractivity contribution in [1.82, 2.24) is 19.9 Å². The molecule has 9 heteroatoms. The van der Waals surface area contributed by atoms with Crippen LogP contribution in [0.5, 0.6) is 11.5 Å². The van der Waals surface area contributed by atoms with Gasteiger partial charge in [-0.15, -0.1) is 0 Å². The second kappa shape index (κ2) is 9.89. The molecule has 0 unspecified atom stereocenters. The topological polar surface area (TPSA) is 78.9 Å². The van der Waals surface area contributed by atoms with Crippen molar-refractivity contribution in [2.24, 2.45) is 0 Å². The van der Waals surface area contributed by atoms with Crippen LogP contribution in [0.4, 0.5) is 17.6 Å². The van der Waals surface area contributed by atoms with Gasteiger partial charge >= 0.3 is 0 Å². The number of ether oxygens (including phenoxy) is 2. The number of methoxy groups -OCH3 is 2. The van der Waals surface area contributed by atoms with Crippen molar-refractivity contribution in [2.75, 3.05) is 75.7 Å². The summed E-state index contributed by atoms with van der Waals surface area (Å²) in [5.74, 6) is 3.98. The van der Waals surface area contributed by atoms with E-state index < -0.39 is 0 Å². The Hall–Kier alpha value is -3.33. The molecule has 9 nitrogen and oxygen atoms in total. The molecule has 0 amide bonds. The Balaban J connectivity index is 1.44. The first-order valence-corrected chi connectivity index (χ1v) is 11.9. The van der Waals surface area contributed by atoms with E-state index in [2.05, 4.69) is 38.1 Å². The Bertz CT molecular complexity index is 1110. The van der Waals surface area contributed by atoms with E-state index in [0.717, 1.165) is 80.6 Å². The minimum atomic E-state index is 0.385. The van der Waals surface area contributed by atoms with Gasteiger partial charge in [0.1, 0.15) is 11.6 Å². The third-order valence-corrected chi connectivity index (χ3v) is 6.78. The van der Waals surface area contributed by atoms with Gasteiger partial charge in [0.05, 0.1) is 19.7 Å². The maximum absolute atomic E-state index is 5.57. The molecule has 1 N–H and O–H groups in total. The van der Waals surface area contributed by atoms with Gasteiger partial charge < -0.3 is 29.5 Å². The fourth-order valence-corrected chi connectivity index (χ4v) is 4.72. The van der Waals surface area contributed by atoms with Crippen molar-refractivity contribution in [2.45, 2.75) is 18.9 Å². The summed E-state index contributed by atoms with van der Waals surface area (Å²) in [7, 11) is 5.49. The molecule has 2 aliphatic rings. The van der Waals surface area contributed by atoms with Crippen molar-refractivity contribution < 1.29 is 9.47 Å². The van der Waals surface area contributed by atoms with Gasteiger partial charge in [-0.05, 0) is 51.2 Å². The van der Waals surface area contributed by atoms with E-state index >= 15 is 0 Å². The molecule has 2 aliphatic heterocycles. The molecule has 0 bridgehead atoms. The fourth-order valence-electron chi connectivity index (χ4n) is 4.72. The number of likely N-dealkylation sites (tertiary alicyclic amines) is 1. The lowest BCUT2D eigenvalue weighted by Crippen LogP contribution is -2.47. The van der Waals surface area contributed by atoms with E-state index in [1.54, 1.807) is 14.2 Å². The molecule has 2 fully saturated rings. The number of hydrogen-bond acceptors (Lipinski definition) is 9. The van der Waals surface area contributed by atoms with E-state index in [-0.39, 0.29) is 0 Å². The standard InChI is InChI=1S/C25H33N7O2/c1-30-10-7-18(8-11-30)27-24-19-16-21(33-2)22(34-3)17-20(19)28-25(29-24)32-14-12-31(13-15-32)23-6-4-5-9-26-23/h4-6,9,16-18H,7-8,10-15H2,1-3H3,(H,27,28,29). The van der Waals surface area contributed by atoms with E-state index in [0.29, 0.717) is 17.5 Å². The van der Waals surface area contributed by atoms with Crippen molar-refractivity contribution in [3.05, 3.63) is 36.5 Å². The van der Waals surface area contributed by atoms with Gasteiger partial charge in [-0.2, -0.15) is 4.98 Å². The predicted molar refractivity (Wildman–Crippen MR) is 135 cm³/mol. The molecule has 0 aliphatic carbocycles. The fraction of sp³-hybridized carbons (Fsp3) is 0.480. The second-order valence-electron chi connectivity index (χ2n) is 8.98. The molecule has 1 aromatic carbocycles. The van der Waals surface area contributed by atoms with Crippen molar-refractivity contribution in [3.8, 4) is 11.5 Å². The number of nitrogens with zero attached hydrogens (tertiary/aromatic N) is 6. The van der Waals surface area contributed by atoms with Crippen molar-refractivity contribution in [1.29, 1.82) is 0 Å². The molecule has 34 heavy (non-hydrogen) atoms. The lowest BCUT2D eigenvalue weighted by Gasteiger charge is -2.36. The molecule has 5 rings (SSSR count). The highest BCUT2D eigenvalue weighted by molar-refractivity contribution is 5.93. The molecular weight excluding hydrogens is 430 g/mol. The summed E-state index contributed by atoms with van der Waals surface area (Å²) in [5, 5.41) is 4.68. The molecular formula is C25H33N7O2. The highest BCUT2D eigenvalue weighted by atomic mass is 16.5. The van der Waals surface area contributed by atoms with Gasteiger partial charge in [0.25, 0.3) is 0 Å². The number of rotatable bonds is 6. The average Bonchev–Trinajstić information content (AvgIpc) is 2.89. The quantitative estimate of drug-likeness (QED) is 0.594. The van der Waals surface area contributed by atoms with Gasteiger partial charge in [-0.25, -0.2) is 9.97 Å². The number of pyridine rings is 1. The van der Waals surface area contributed by atoms with E-state index in [4.69, 9.17) is 19.4 Å². The van der Waals surface area contributed by atoms with Crippen LogP contribution in [0.25, 0.3) is 10.9 Å². The summed E-state index contributed by atoms with van der Waals surface area (Å²) in [5.41, 5.74) is 0.852. The highest BCUT2D eigenvalue weighted by Gasteiger charge is 2.24. The Morgan fingerprint density at radius 1 is 0.882 bits per heavy atom. The molecule has 0 spiro atoms. The summed E-state index contributed by atoms with van der Waals surface area (Å²) >= 11 is 0. The number of anilines is 3. The van der Waals surface area contributed by atoms with E-state index in [9.17, 15) is 0 Å². The van der Waals surface area contributed by atoms with Gasteiger partial charge in [0.2, 0.25) is 5.95 Å². The molecule has 2 aromatic heterocycles. The molecule has 0 saturated carbocycles. The van der Waals surface area contributed by atoms with Crippen LogP contribution < -0.4 is 24.6 Å². The lowest BCUT2D eigenvalue weighted by molar-refractivity contribution is 0.264. The predicted octanol–water partition coefficient (Wildman–Crippen LogP) is 2.87. The normalized spacial score (nSPS) is 17.7. The molecule has 180 valence electrons. The first kappa shape index (κ1) is 22.5. The van der Waals surface area contributed by atoms with Gasteiger partial charge in [0.15, 0.2) is 11.5 Å².